The maximum Gasteiger partial charge on any atom is 0.308 e. The second-order valence-corrected chi connectivity index (χ2v) is 3.71. The van der Waals surface area contributed by atoms with Crippen molar-refractivity contribution < 1.29 is 14.6 Å². The summed E-state index contributed by atoms with van der Waals surface area (Å²) in [5.41, 5.74) is 0. The van der Waals surface area contributed by atoms with E-state index >= 15 is 0 Å². The van der Waals surface area contributed by atoms with Crippen molar-refractivity contribution in [2.75, 3.05) is 26.8 Å². The van der Waals surface area contributed by atoms with E-state index in [1.807, 2.05) is 0 Å². The van der Waals surface area contributed by atoms with Gasteiger partial charge in [0.05, 0.1) is 12.5 Å². The lowest BCUT2D eigenvalue weighted by molar-refractivity contribution is -0.149. The summed E-state index contributed by atoms with van der Waals surface area (Å²) >= 11 is 0. The van der Waals surface area contributed by atoms with Crippen molar-refractivity contribution in [2.45, 2.75) is 25.8 Å². The summed E-state index contributed by atoms with van der Waals surface area (Å²) in [6.07, 6.45) is 1.83. The third kappa shape index (κ3) is 2.45. The molecule has 0 heterocycles. The Morgan fingerprint density at radius 1 is 1.57 bits per heavy atom. The topological polar surface area (TPSA) is 49.8 Å². The highest BCUT2D eigenvalue weighted by Crippen LogP contribution is 2.32. The van der Waals surface area contributed by atoms with Crippen LogP contribution in [0.3, 0.4) is 0 Å². The number of carbonyl (C=O) groups is 1. The van der Waals surface area contributed by atoms with E-state index < -0.39 is 5.97 Å². The largest absolute Gasteiger partial charge is 0.481 e. The highest BCUT2D eigenvalue weighted by atomic mass is 16.5. The number of methoxy groups -OCH3 is 1. The Labute approximate surface area is 84.8 Å². The van der Waals surface area contributed by atoms with Gasteiger partial charge in [0.15, 0.2) is 0 Å². The molecular formula is C10H19NO3. The lowest BCUT2D eigenvalue weighted by atomic mass is 9.78. The lowest BCUT2D eigenvalue weighted by Crippen LogP contribution is -2.51. The number of ether oxygens (including phenoxy) is 1. The molecule has 0 spiro atoms. The molecule has 1 aliphatic rings. The van der Waals surface area contributed by atoms with E-state index in [9.17, 15) is 4.79 Å². The van der Waals surface area contributed by atoms with Crippen molar-refractivity contribution in [3.8, 4) is 0 Å². The molecule has 0 aromatic rings. The molecule has 1 N–H and O–H groups in total. The minimum absolute atomic E-state index is 0.160. The summed E-state index contributed by atoms with van der Waals surface area (Å²) < 4.78 is 5.00. The van der Waals surface area contributed by atoms with Gasteiger partial charge >= 0.3 is 5.97 Å². The molecule has 4 heteroatoms. The Balaban J connectivity index is 2.40. The number of hydrogen-bond acceptors (Lipinski definition) is 3. The van der Waals surface area contributed by atoms with Gasteiger partial charge in [-0.2, -0.15) is 0 Å². The fourth-order valence-electron chi connectivity index (χ4n) is 1.97. The average molecular weight is 201 g/mol. The number of aliphatic carboxylic acids is 1. The number of rotatable bonds is 6. The van der Waals surface area contributed by atoms with Crippen LogP contribution < -0.4 is 0 Å². The van der Waals surface area contributed by atoms with Crippen molar-refractivity contribution in [1.29, 1.82) is 0 Å². The van der Waals surface area contributed by atoms with Crippen LogP contribution in [0.25, 0.3) is 0 Å². The van der Waals surface area contributed by atoms with Crippen molar-refractivity contribution in [3.63, 3.8) is 0 Å². The molecular weight excluding hydrogens is 182 g/mol. The Morgan fingerprint density at radius 3 is 2.64 bits per heavy atom. The first-order valence-corrected chi connectivity index (χ1v) is 5.16. The highest BCUT2D eigenvalue weighted by Gasteiger charge is 2.39. The fraction of sp³-hybridized carbons (Fsp3) is 0.900. The highest BCUT2D eigenvalue weighted by molar-refractivity contribution is 5.72. The molecule has 0 aliphatic heterocycles. The van der Waals surface area contributed by atoms with Gasteiger partial charge in [-0.1, -0.05) is 6.92 Å². The van der Waals surface area contributed by atoms with Gasteiger partial charge in [0.1, 0.15) is 0 Å². The first kappa shape index (κ1) is 11.5. The van der Waals surface area contributed by atoms with Crippen LogP contribution in [0.1, 0.15) is 19.8 Å². The van der Waals surface area contributed by atoms with Gasteiger partial charge in [-0.3, -0.25) is 9.69 Å². The predicted octanol–water partition coefficient (Wildman–Crippen LogP) is 0.818. The Morgan fingerprint density at radius 2 is 2.29 bits per heavy atom. The molecule has 1 aliphatic carbocycles. The van der Waals surface area contributed by atoms with Crippen molar-refractivity contribution >= 4 is 5.97 Å². The second-order valence-electron chi connectivity index (χ2n) is 3.71. The van der Waals surface area contributed by atoms with E-state index in [1.54, 1.807) is 7.11 Å². The van der Waals surface area contributed by atoms with E-state index in [0.717, 1.165) is 25.9 Å². The van der Waals surface area contributed by atoms with Crippen LogP contribution in [0.5, 0.6) is 0 Å². The Bertz CT molecular complexity index is 196. The molecule has 2 unspecified atom stereocenters. The summed E-state index contributed by atoms with van der Waals surface area (Å²) in [5, 5.41) is 8.92. The minimum Gasteiger partial charge on any atom is -0.481 e. The van der Waals surface area contributed by atoms with Gasteiger partial charge in [-0.05, 0) is 19.4 Å². The fourth-order valence-corrected chi connectivity index (χ4v) is 1.97. The van der Waals surface area contributed by atoms with Crippen LogP contribution in [0, 0.1) is 5.92 Å². The van der Waals surface area contributed by atoms with Crippen LogP contribution in [0.4, 0.5) is 0 Å². The summed E-state index contributed by atoms with van der Waals surface area (Å²) in [5.74, 6) is -0.816. The van der Waals surface area contributed by atoms with Gasteiger partial charge in [0.2, 0.25) is 0 Å². The molecule has 1 rings (SSSR count). The smallest absolute Gasteiger partial charge is 0.308 e. The lowest BCUT2D eigenvalue weighted by Gasteiger charge is -2.41. The monoisotopic (exact) mass is 201 g/mol. The molecule has 0 aromatic heterocycles. The second kappa shape index (κ2) is 5.32. The number of nitrogens with zero attached hydrogens (tertiary/aromatic N) is 1. The van der Waals surface area contributed by atoms with Crippen LogP contribution in [0.2, 0.25) is 0 Å². The Hall–Kier alpha value is -0.610. The molecule has 0 saturated heterocycles. The Kier molecular flexibility index (Phi) is 4.35. The normalized spacial score (nSPS) is 26.2. The van der Waals surface area contributed by atoms with Gasteiger partial charge in [0.25, 0.3) is 0 Å². The van der Waals surface area contributed by atoms with E-state index in [-0.39, 0.29) is 12.0 Å². The molecule has 0 radical (unpaired) electrons. The number of hydrogen-bond donors (Lipinski definition) is 1. The summed E-state index contributed by atoms with van der Waals surface area (Å²) in [4.78, 5) is 13.0. The van der Waals surface area contributed by atoms with E-state index in [4.69, 9.17) is 9.84 Å². The number of carboxylic acid groups (broad SMARTS) is 1. The summed E-state index contributed by atoms with van der Waals surface area (Å²) in [6, 6.07) is 0.229. The molecule has 2 atom stereocenters. The SMILES string of the molecule is CCN(CCOC)C1CCC1C(=O)O. The molecule has 4 nitrogen and oxygen atoms in total. The zero-order chi connectivity index (χ0) is 10.6. The minimum atomic E-state index is -0.655. The summed E-state index contributed by atoms with van der Waals surface area (Å²) in [7, 11) is 1.67. The van der Waals surface area contributed by atoms with Crippen LogP contribution >= 0.6 is 0 Å². The first-order valence-electron chi connectivity index (χ1n) is 5.16. The molecule has 0 amide bonds. The van der Waals surface area contributed by atoms with Crippen molar-refractivity contribution in [3.05, 3.63) is 0 Å². The van der Waals surface area contributed by atoms with Gasteiger partial charge in [-0.25, -0.2) is 0 Å². The van der Waals surface area contributed by atoms with E-state index in [2.05, 4.69) is 11.8 Å². The summed E-state index contributed by atoms with van der Waals surface area (Å²) in [6.45, 7) is 4.48. The van der Waals surface area contributed by atoms with Crippen molar-refractivity contribution in [1.82, 2.24) is 4.90 Å². The standard InChI is InChI=1S/C10H19NO3/c1-3-11(6-7-14-2)9-5-4-8(9)10(12)13/h8-9H,3-7H2,1-2H3,(H,12,13). The van der Waals surface area contributed by atoms with Gasteiger partial charge in [-0.15, -0.1) is 0 Å². The maximum atomic E-state index is 10.8. The number of carboxylic acids is 1. The maximum absolute atomic E-state index is 10.8. The zero-order valence-corrected chi connectivity index (χ0v) is 8.90. The molecule has 1 fully saturated rings. The van der Waals surface area contributed by atoms with E-state index in [0.29, 0.717) is 6.61 Å². The molecule has 1 saturated carbocycles. The molecule has 0 aromatic carbocycles. The first-order chi connectivity index (χ1) is 6.70. The average Bonchev–Trinajstić information content (AvgIpc) is 2.08. The molecule has 0 bridgehead atoms. The molecule has 82 valence electrons. The third-order valence-electron chi connectivity index (χ3n) is 3.01. The quantitative estimate of drug-likeness (QED) is 0.691. The van der Waals surface area contributed by atoms with Crippen LogP contribution in [-0.2, 0) is 9.53 Å². The van der Waals surface area contributed by atoms with Crippen LogP contribution in [0.15, 0.2) is 0 Å². The van der Waals surface area contributed by atoms with Crippen molar-refractivity contribution in [2.24, 2.45) is 5.92 Å². The van der Waals surface area contributed by atoms with Crippen LogP contribution in [-0.4, -0.2) is 48.8 Å². The third-order valence-corrected chi connectivity index (χ3v) is 3.01. The zero-order valence-electron chi connectivity index (χ0n) is 8.90. The number of likely N-dealkylation sites (N-methyl/N-ethyl adjacent to an activating group) is 1. The molecule has 14 heavy (non-hydrogen) atoms. The van der Waals surface area contributed by atoms with Gasteiger partial charge < -0.3 is 9.84 Å². The predicted molar refractivity (Wildman–Crippen MR) is 53.3 cm³/mol. The van der Waals surface area contributed by atoms with E-state index in [1.165, 1.54) is 0 Å². The van der Waals surface area contributed by atoms with Gasteiger partial charge in [0, 0.05) is 19.7 Å².